The summed E-state index contributed by atoms with van der Waals surface area (Å²) in [7, 11) is 0. The Labute approximate surface area is 131 Å². The van der Waals surface area contributed by atoms with Gasteiger partial charge in [-0.1, -0.05) is 74.0 Å². The van der Waals surface area contributed by atoms with E-state index in [0.29, 0.717) is 0 Å². The fourth-order valence-corrected chi connectivity index (χ4v) is 3.29. The predicted molar refractivity (Wildman–Crippen MR) is 88.9 cm³/mol. The Hall–Kier alpha value is -0.980. The van der Waals surface area contributed by atoms with Crippen LogP contribution in [-0.4, -0.2) is 0 Å². The van der Waals surface area contributed by atoms with Crippen LogP contribution < -0.4 is 0 Å². The molecular weight excluding hydrogens is 287 g/mol. The number of alkyl halides is 1. The first-order chi connectivity index (χ1) is 9.24. The van der Waals surface area contributed by atoms with Crippen molar-refractivity contribution in [2.45, 2.75) is 38.0 Å². The first-order valence-electron chi connectivity index (χ1n) is 6.78. The molecule has 0 heterocycles. The van der Waals surface area contributed by atoms with Gasteiger partial charge in [-0.25, -0.2) is 0 Å². The molecule has 2 heteroatoms. The van der Waals surface area contributed by atoms with Crippen molar-refractivity contribution in [3.8, 4) is 0 Å². The minimum absolute atomic E-state index is 0.156. The van der Waals surface area contributed by atoms with Gasteiger partial charge in [0.1, 0.15) is 0 Å². The van der Waals surface area contributed by atoms with Crippen LogP contribution in [0.1, 0.15) is 44.4 Å². The Balaban J connectivity index is 2.59. The van der Waals surface area contributed by atoms with Crippen molar-refractivity contribution in [3.63, 3.8) is 0 Å². The molecule has 0 fully saturated rings. The Bertz CT molecular complexity index is 593. The van der Waals surface area contributed by atoms with Gasteiger partial charge < -0.3 is 0 Å². The average Bonchev–Trinajstić information content (AvgIpc) is 2.38. The molecule has 2 aromatic rings. The molecule has 0 saturated carbocycles. The van der Waals surface area contributed by atoms with Crippen molar-refractivity contribution in [1.29, 1.82) is 0 Å². The van der Waals surface area contributed by atoms with Gasteiger partial charge in [0.05, 0.1) is 4.87 Å². The quantitative estimate of drug-likeness (QED) is 0.597. The molecule has 0 aromatic heterocycles. The van der Waals surface area contributed by atoms with Gasteiger partial charge in [-0.3, -0.25) is 0 Å². The van der Waals surface area contributed by atoms with Gasteiger partial charge in [-0.05, 0) is 30.5 Å². The van der Waals surface area contributed by atoms with E-state index in [1.165, 1.54) is 5.56 Å². The van der Waals surface area contributed by atoms with E-state index in [-0.39, 0.29) is 5.41 Å². The molecule has 2 aromatic carbocycles. The summed E-state index contributed by atoms with van der Waals surface area (Å²) in [6.07, 6.45) is 0. The maximum Gasteiger partial charge on any atom is 0.0653 e. The molecule has 0 atom stereocenters. The molecule has 0 radical (unpaired) electrons. The van der Waals surface area contributed by atoms with Crippen molar-refractivity contribution in [2.75, 3.05) is 0 Å². The molecule has 2 rings (SSSR count). The van der Waals surface area contributed by atoms with Gasteiger partial charge in [0.15, 0.2) is 0 Å². The van der Waals surface area contributed by atoms with E-state index in [4.69, 9.17) is 23.2 Å². The summed E-state index contributed by atoms with van der Waals surface area (Å²) in [6, 6.07) is 16.5. The SMILES string of the molecule is CC(C)(Cl)c1cccc(C(C)(C)c2ccccc2)c1Cl. The van der Waals surface area contributed by atoms with E-state index in [1.54, 1.807) is 0 Å². The van der Waals surface area contributed by atoms with Crippen LogP contribution in [0.25, 0.3) is 0 Å². The topological polar surface area (TPSA) is 0 Å². The molecule has 0 aliphatic rings. The summed E-state index contributed by atoms with van der Waals surface area (Å²) in [5.74, 6) is 0. The number of rotatable bonds is 3. The minimum atomic E-state index is -0.472. The molecule has 0 nitrogen and oxygen atoms in total. The van der Waals surface area contributed by atoms with E-state index in [9.17, 15) is 0 Å². The van der Waals surface area contributed by atoms with Crippen LogP contribution >= 0.6 is 23.2 Å². The Morgan fingerprint density at radius 2 is 1.30 bits per heavy atom. The lowest BCUT2D eigenvalue weighted by Gasteiger charge is -2.30. The lowest BCUT2D eigenvalue weighted by molar-refractivity contribution is 0.636. The van der Waals surface area contributed by atoms with E-state index < -0.39 is 4.87 Å². The third kappa shape index (κ3) is 2.87. The van der Waals surface area contributed by atoms with Gasteiger partial charge in [0.2, 0.25) is 0 Å². The smallest absolute Gasteiger partial charge is 0.0653 e. The van der Waals surface area contributed by atoms with Crippen LogP contribution in [0.3, 0.4) is 0 Å². The number of halogens is 2. The molecule has 0 unspecified atom stereocenters. The summed E-state index contributed by atoms with van der Waals surface area (Å²) >= 11 is 13.1. The monoisotopic (exact) mass is 306 g/mol. The van der Waals surface area contributed by atoms with Crippen molar-refractivity contribution in [3.05, 3.63) is 70.2 Å². The molecule has 0 bridgehead atoms. The molecule has 0 spiro atoms. The van der Waals surface area contributed by atoms with Crippen LogP contribution in [-0.2, 0) is 10.3 Å². The van der Waals surface area contributed by atoms with Gasteiger partial charge >= 0.3 is 0 Å². The molecule has 20 heavy (non-hydrogen) atoms. The Kier molecular flexibility index (Phi) is 4.18. The summed E-state index contributed by atoms with van der Waals surface area (Å²) in [4.78, 5) is -0.472. The maximum atomic E-state index is 6.64. The van der Waals surface area contributed by atoms with Crippen molar-refractivity contribution in [2.24, 2.45) is 0 Å². The highest BCUT2D eigenvalue weighted by Crippen LogP contribution is 2.41. The lowest BCUT2D eigenvalue weighted by Crippen LogP contribution is -2.21. The Morgan fingerprint density at radius 3 is 1.85 bits per heavy atom. The summed E-state index contributed by atoms with van der Waals surface area (Å²) in [5.41, 5.74) is 3.17. The minimum Gasteiger partial charge on any atom is -0.115 e. The fraction of sp³-hybridized carbons (Fsp3) is 0.333. The molecule has 106 valence electrons. The average molecular weight is 307 g/mol. The van der Waals surface area contributed by atoms with Crippen molar-refractivity contribution < 1.29 is 0 Å². The summed E-state index contributed by atoms with van der Waals surface area (Å²) in [5, 5.41) is 0.765. The third-order valence-corrected chi connectivity index (χ3v) is 4.42. The molecular formula is C18H20Cl2. The molecule has 0 aliphatic heterocycles. The molecule has 0 aliphatic carbocycles. The molecule has 0 amide bonds. The fourth-order valence-electron chi connectivity index (χ4n) is 2.48. The van der Waals surface area contributed by atoms with Crippen LogP contribution in [0, 0.1) is 0 Å². The van der Waals surface area contributed by atoms with Crippen LogP contribution in [0.4, 0.5) is 0 Å². The number of hydrogen-bond acceptors (Lipinski definition) is 0. The molecule has 0 N–H and O–H groups in total. The van der Waals surface area contributed by atoms with Crippen LogP contribution in [0.15, 0.2) is 48.5 Å². The summed E-state index contributed by atoms with van der Waals surface area (Å²) < 4.78 is 0. The third-order valence-electron chi connectivity index (χ3n) is 3.81. The number of hydrogen-bond donors (Lipinski definition) is 0. The van der Waals surface area contributed by atoms with E-state index in [0.717, 1.165) is 16.1 Å². The summed E-state index contributed by atoms with van der Waals surface area (Å²) in [6.45, 7) is 8.31. The predicted octanol–water partition coefficient (Wildman–Crippen LogP) is 6.14. The zero-order valence-corrected chi connectivity index (χ0v) is 13.9. The second kappa shape index (κ2) is 5.42. The lowest BCUT2D eigenvalue weighted by atomic mass is 9.77. The van der Waals surface area contributed by atoms with E-state index in [2.05, 4.69) is 44.2 Å². The number of benzene rings is 2. The van der Waals surface area contributed by atoms with Crippen molar-refractivity contribution in [1.82, 2.24) is 0 Å². The second-order valence-corrected chi connectivity index (χ2v) is 7.45. The molecule has 0 saturated heterocycles. The first-order valence-corrected chi connectivity index (χ1v) is 7.54. The zero-order valence-electron chi connectivity index (χ0n) is 12.4. The van der Waals surface area contributed by atoms with Crippen molar-refractivity contribution >= 4 is 23.2 Å². The largest absolute Gasteiger partial charge is 0.115 e. The van der Waals surface area contributed by atoms with E-state index >= 15 is 0 Å². The van der Waals surface area contributed by atoms with Gasteiger partial charge in [0, 0.05) is 10.4 Å². The highest BCUT2D eigenvalue weighted by Gasteiger charge is 2.29. The second-order valence-electron chi connectivity index (χ2n) is 6.13. The normalized spacial score (nSPS) is 12.5. The first kappa shape index (κ1) is 15.4. The van der Waals surface area contributed by atoms with Gasteiger partial charge in [0.25, 0.3) is 0 Å². The highest BCUT2D eigenvalue weighted by atomic mass is 35.5. The standard InChI is InChI=1S/C18H20Cl2/c1-17(2,13-9-6-5-7-10-13)14-11-8-12-15(16(14)19)18(3,4)20/h5-12H,1-4H3. The van der Waals surface area contributed by atoms with Crippen LogP contribution in [0.2, 0.25) is 5.02 Å². The highest BCUT2D eigenvalue weighted by molar-refractivity contribution is 6.34. The van der Waals surface area contributed by atoms with Crippen LogP contribution in [0.5, 0.6) is 0 Å². The van der Waals surface area contributed by atoms with Gasteiger partial charge in [-0.15, -0.1) is 11.6 Å². The van der Waals surface area contributed by atoms with Gasteiger partial charge in [-0.2, -0.15) is 0 Å². The maximum absolute atomic E-state index is 6.64. The van der Waals surface area contributed by atoms with E-state index in [1.807, 2.05) is 32.0 Å². The zero-order chi connectivity index (χ0) is 15.0. The Morgan fingerprint density at radius 1 is 0.750 bits per heavy atom.